The van der Waals surface area contributed by atoms with Crippen molar-refractivity contribution in [3.05, 3.63) is 53.2 Å². The van der Waals surface area contributed by atoms with Crippen LogP contribution in [-0.4, -0.2) is 5.78 Å². The van der Waals surface area contributed by atoms with Crippen LogP contribution < -0.4 is 5.73 Å². The van der Waals surface area contributed by atoms with Crippen LogP contribution in [0.1, 0.15) is 29.5 Å². The summed E-state index contributed by atoms with van der Waals surface area (Å²) in [6.45, 7) is 3.47. The maximum absolute atomic E-state index is 12.9. The lowest BCUT2D eigenvalue weighted by molar-refractivity contribution is -0.143. The van der Waals surface area contributed by atoms with Crippen molar-refractivity contribution in [1.82, 2.24) is 0 Å². The van der Waals surface area contributed by atoms with Gasteiger partial charge in [-0.25, -0.2) is 0 Å². The number of allylic oxidation sites excluding steroid dienone is 3. The topological polar surface area (TPSA) is 43.1 Å². The minimum atomic E-state index is -4.98. The molecule has 1 unspecified atom stereocenters. The first-order chi connectivity index (χ1) is 10.9. The fourth-order valence-corrected chi connectivity index (χ4v) is 2.64. The fourth-order valence-electron chi connectivity index (χ4n) is 2.64. The molecule has 130 valence electrons. The van der Waals surface area contributed by atoms with Crippen LogP contribution in [0, 0.1) is 5.92 Å². The maximum atomic E-state index is 12.9. The molecule has 1 aromatic rings. The lowest BCUT2D eigenvalue weighted by Gasteiger charge is -2.15. The zero-order valence-electron chi connectivity index (χ0n) is 12.3. The molecule has 0 aliphatic heterocycles. The molecule has 1 aliphatic rings. The number of halogens is 6. The molecular weight excluding hydrogens is 336 g/mol. The van der Waals surface area contributed by atoms with Crippen LogP contribution in [0.3, 0.4) is 0 Å². The SMILES string of the molecule is C=CCC1CC(N)=C(c2cc(C(F)(F)F)cc(C(F)(F)F)c2)C1=O. The second-order valence-corrected chi connectivity index (χ2v) is 5.48. The molecule has 0 saturated heterocycles. The lowest BCUT2D eigenvalue weighted by Crippen LogP contribution is -2.14. The lowest BCUT2D eigenvalue weighted by atomic mass is 9.94. The van der Waals surface area contributed by atoms with Crippen LogP contribution in [0.15, 0.2) is 36.6 Å². The Kier molecular flexibility index (Phi) is 4.52. The molecule has 0 radical (unpaired) electrons. The van der Waals surface area contributed by atoms with E-state index in [1.807, 2.05) is 0 Å². The Bertz CT molecular complexity index is 682. The van der Waals surface area contributed by atoms with Gasteiger partial charge in [0.15, 0.2) is 5.78 Å². The van der Waals surface area contributed by atoms with Crippen LogP contribution in [-0.2, 0) is 17.1 Å². The summed E-state index contributed by atoms with van der Waals surface area (Å²) in [5.41, 5.74) is 1.98. The average Bonchev–Trinajstić information content (AvgIpc) is 2.71. The molecule has 0 fully saturated rings. The molecule has 24 heavy (non-hydrogen) atoms. The standard InChI is InChI=1S/C16H13F6NO/c1-2-3-8-6-12(23)13(14(8)24)9-4-10(15(17,18)19)7-11(5-9)16(20,21)22/h2,4-5,7-8H,1,3,6,23H2. The van der Waals surface area contributed by atoms with Gasteiger partial charge >= 0.3 is 12.4 Å². The molecule has 2 nitrogen and oxygen atoms in total. The third kappa shape index (κ3) is 3.47. The summed E-state index contributed by atoms with van der Waals surface area (Å²) in [5, 5.41) is 0. The van der Waals surface area contributed by atoms with Crippen molar-refractivity contribution in [2.45, 2.75) is 25.2 Å². The van der Waals surface area contributed by atoms with Crippen molar-refractivity contribution in [2.24, 2.45) is 11.7 Å². The minimum absolute atomic E-state index is 0.0145. The molecule has 1 aliphatic carbocycles. The van der Waals surface area contributed by atoms with Crippen molar-refractivity contribution in [3.8, 4) is 0 Å². The van der Waals surface area contributed by atoms with Gasteiger partial charge in [0, 0.05) is 17.2 Å². The van der Waals surface area contributed by atoms with Gasteiger partial charge in [0.05, 0.1) is 11.1 Å². The molecule has 0 saturated carbocycles. The number of carbonyl (C=O) groups is 1. The zero-order valence-corrected chi connectivity index (χ0v) is 12.3. The van der Waals surface area contributed by atoms with Gasteiger partial charge in [-0.2, -0.15) is 26.3 Å². The largest absolute Gasteiger partial charge is 0.416 e. The quantitative estimate of drug-likeness (QED) is 0.642. The van der Waals surface area contributed by atoms with Gasteiger partial charge in [-0.3, -0.25) is 4.79 Å². The Balaban J connectivity index is 2.60. The predicted molar refractivity (Wildman–Crippen MR) is 75.5 cm³/mol. The Morgan fingerprint density at radius 3 is 2.00 bits per heavy atom. The normalized spacial score (nSPS) is 19.1. The Hall–Kier alpha value is -2.25. The Labute approximate surface area is 133 Å². The molecule has 0 heterocycles. The van der Waals surface area contributed by atoms with E-state index in [0.717, 1.165) is 0 Å². The summed E-state index contributed by atoms with van der Waals surface area (Å²) in [6, 6.07) is 1.05. The van der Waals surface area contributed by atoms with Gasteiger partial charge < -0.3 is 5.73 Å². The number of rotatable bonds is 3. The van der Waals surface area contributed by atoms with Gasteiger partial charge in [0.25, 0.3) is 0 Å². The third-order valence-electron chi connectivity index (χ3n) is 3.73. The van der Waals surface area contributed by atoms with Gasteiger partial charge in [0.1, 0.15) is 0 Å². The van der Waals surface area contributed by atoms with Crippen LogP contribution in [0.5, 0.6) is 0 Å². The zero-order chi connectivity index (χ0) is 18.3. The predicted octanol–water partition coefficient (Wildman–Crippen LogP) is 4.56. The second-order valence-electron chi connectivity index (χ2n) is 5.48. The van der Waals surface area contributed by atoms with Gasteiger partial charge in [-0.15, -0.1) is 6.58 Å². The van der Waals surface area contributed by atoms with E-state index in [-0.39, 0.29) is 30.2 Å². The van der Waals surface area contributed by atoms with Crippen molar-refractivity contribution < 1.29 is 31.1 Å². The fraction of sp³-hybridized carbons (Fsp3) is 0.312. The summed E-state index contributed by atoms with van der Waals surface area (Å²) < 4.78 is 77.4. The van der Waals surface area contributed by atoms with Gasteiger partial charge in [-0.1, -0.05) is 6.08 Å². The molecule has 0 aromatic heterocycles. The number of nitrogens with two attached hydrogens (primary N) is 1. The molecule has 2 N–H and O–H groups in total. The summed E-state index contributed by atoms with van der Waals surface area (Å²) >= 11 is 0. The highest BCUT2D eigenvalue weighted by Crippen LogP contribution is 2.40. The molecule has 0 amide bonds. The first-order valence-electron chi connectivity index (χ1n) is 6.88. The number of benzene rings is 1. The first-order valence-corrected chi connectivity index (χ1v) is 6.88. The number of hydrogen-bond donors (Lipinski definition) is 1. The Morgan fingerprint density at radius 1 is 1.08 bits per heavy atom. The second kappa shape index (κ2) is 5.99. The summed E-state index contributed by atoms with van der Waals surface area (Å²) in [4.78, 5) is 12.3. The van der Waals surface area contributed by atoms with Crippen LogP contribution in [0.4, 0.5) is 26.3 Å². The van der Waals surface area contributed by atoms with Crippen LogP contribution in [0.25, 0.3) is 5.57 Å². The molecule has 2 rings (SSSR count). The van der Waals surface area contributed by atoms with Crippen molar-refractivity contribution in [3.63, 3.8) is 0 Å². The van der Waals surface area contributed by atoms with E-state index in [9.17, 15) is 31.1 Å². The van der Waals surface area contributed by atoms with E-state index in [1.54, 1.807) is 0 Å². The molecule has 1 atom stereocenters. The molecule has 0 bridgehead atoms. The van der Waals surface area contributed by atoms with Crippen molar-refractivity contribution >= 4 is 11.4 Å². The molecule has 8 heteroatoms. The molecular formula is C16H13F6NO. The number of ketones is 1. The summed E-state index contributed by atoms with van der Waals surface area (Å²) in [6.07, 6.45) is -8.18. The summed E-state index contributed by atoms with van der Waals surface area (Å²) in [5.74, 6) is -1.18. The third-order valence-corrected chi connectivity index (χ3v) is 3.73. The number of hydrogen-bond acceptors (Lipinski definition) is 2. The minimum Gasteiger partial charge on any atom is -0.401 e. The monoisotopic (exact) mass is 349 g/mol. The number of carbonyl (C=O) groups excluding carboxylic acids is 1. The highest BCUT2D eigenvalue weighted by atomic mass is 19.4. The molecule has 0 spiro atoms. The maximum Gasteiger partial charge on any atom is 0.416 e. The van der Waals surface area contributed by atoms with E-state index < -0.39 is 40.7 Å². The Morgan fingerprint density at radius 2 is 1.58 bits per heavy atom. The molecule has 1 aromatic carbocycles. The summed E-state index contributed by atoms with van der Waals surface area (Å²) in [7, 11) is 0. The average molecular weight is 349 g/mol. The first kappa shape index (κ1) is 18.1. The highest BCUT2D eigenvalue weighted by Gasteiger charge is 2.39. The van der Waals surface area contributed by atoms with E-state index in [2.05, 4.69) is 6.58 Å². The van der Waals surface area contributed by atoms with Crippen LogP contribution >= 0.6 is 0 Å². The highest BCUT2D eigenvalue weighted by molar-refractivity contribution is 6.24. The number of Topliss-reactive ketones (excluding diaryl/α,β-unsaturated/α-hetero) is 1. The van der Waals surface area contributed by atoms with E-state index in [4.69, 9.17) is 5.73 Å². The smallest absolute Gasteiger partial charge is 0.401 e. The van der Waals surface area contributed by atoms with Gasteiger partial charge in [0.2, 0.25) is 0 Å². The van der Waals surface area contributed by atoms with E-state index >= 15 is 0 Å². The number of alkyl halides is 6. The van der Waals surface area contributed by atoms with Crippen molar-refractivity contribution in [1.29, 1.82) is 0 Å². The van der Waals surface area contributed by atoms with Crippen molar-refractivity contribution in [2.75, 3.05) is 0 Å². The van der Waals surface area contributed by atoms with Crippen LogP contribution in [0.2, 0.25) is 0 Å². The van der Waals surface area contributed by atoms with E-state index in [1.165, 1.54) is 6.08 Å². The van der Waals surface area contributed by atoms with Gasteiger partial charge in [-0.05, 0) is 36.6 Å². The van der Waals surface area contributed by atoms with E-state index in [0.29, 0.717) is 12.1 Å².